The summed E-state index contributed by atoms with van der Waals surface area (Å²) in [5.41, 5.74) is 1.87. The van der Waals surface area contributed by atoms with E-state index in [2.05, 4.69) is 33.9 Å². The van der Waals surface area contributed by atoms with Crippen LogP contribution in [0, 0.1) is 13.8 Å². The average molecular weight is 289 g/mol. The lowest BCUT2D eigenvalue weighted by atomic mass is 10.2. The van der Waals surface area contributed by atoms with Gasteiger partial charge in [0.1, 0.15) is 6.10 Å². The van der Waals surface area contributed by atoms with Crippen molar-refractivity contribution in [2.45, 2.75) is 26.5 Å². The minimum absolute atomic E-state index is 0.0397. The van der Waals surface area contributed by atoms with Crippen LogP contribution < -0.4 is 0 Å². The number of aromatic nitrogens is 2. The summed E-state index contributed by atoms with van der Waals surface area (Å²) in [5, 5.41) is 0. The average Bonchev–Trinajstić information content (AvgIpc) is 2.85. The molecule has 0 aliphatic carbocycles. The molecule has 0 amide bonds. The van der Waals surface area contributed by atoms with Gasteiger partial charge >= 0.3 is 0 Å². The number of rotatable bonds is 3. The van der Waals surface area contributed by atoms with E-state index in [0.717, 1.165) is 37.6 Å². The monoisotopic (exact) mass is 289 g/mol. The molecule has 1 aliphatic rings. The Bertz CT molecular complexity index is 567. The van der Waals surface area contributed by atoms with Crippen LogP contribution in [0.1, 0.15) is 27.2 Å². The molecule has 4 nitrogen and oxygen atoms in total. The second kappa shape index (κ2) is 5.99. The summed E-state index contributed by atoms with van der Waals surface area (Å²) >= 11 is 1.87. The van der Waals surface area contributed by atoms with Crippen LogP contribution in [0.5, 0.6) is 0 Å². The molecule has 20 heavy (non-hydrogen) atoms. The predicted octanol–water partition coefficient (Wildman–Crippen LogP) is 2.73. The summed E-state index contributed by atoms with van der Waals surface area (Å²) in [4.78, 5) is 14.0. The molecule has 106 valence electrons. The summed E-state index contributed by atoms with van der Waals surface area (Å²) in [6.45, 7) is 7.71. The van der Waals surface area contributed by atoms with E-state index < -0.39 is 0 Å². The smallest absolute Gasteiger partial charge is 0.114 e. The van der Waals surface area contributed by atoms with E-state index in [1.807, 2.05) is 24.5 Å². The van der Waals surface area contributed by atoms with E-state index in [4.69, 9.17) is 4.74 Å². The second-order valence-corrected chi connectivity index (χ2v) is 6.56. The van der Waals surface area contributed by atoms with Crippen LogP contribution in [0.25, 0.3) is 0 Å². The molecular weight excluding hydrogens is 270 g/mol. The lowest BCUT2D eigenvalue weighted by molar-refractivity contribution is -0.0348. The van der Waals surface area contributed by atoms with Crippen molar-refractivity contribution in [3.63, 3.8) is 0 Å². The maximum atomic E-state index is 5.84. The van der Waals surface area contributed by atoms with E-state index in [1.165, 1.54) is 9.75 Å². The van der Waals surface area contributed by atoms with Crippen molar-refractivity contribution in [1.82, 2.24) is 14.9 Å². The van der Waals surface area contributed by atoms with Crippen molar-refractivity contribution < 1.29 is 4.74 Å². The predicted molar refractivity (Wildman–Crippen MR) is 79.8 cm³/mol. The zero-order valence-corrected chi connectivity index (χ0v) is 12.7. The van der Waals surface area contributed by atoms with Gasteiger partial charge in [-0.2, -0.15) is 0 Å². The molecule has 5 heteroatoms. The Morgan fingerprint density at radius 1 is 1.30 bits per heavy atom. The van der Waals surface area contributed by atoms with Crippen molar-refractivity contribution in [3.8, 4) is 0 Å². The number of hydrogen-bond acceptors (Lipinski definition) is 5. The molecule has 0 aromatic carbocycles. The summed E-state index contributed by atoms with van der Waals surface area (Å²) in [6.07, 6.45) is 3.68. The molecule has 3 rings (SSSR count). The fraction of sp³-hybridized carbons (Fsp3) is 0.467. The normalized spacial score (nSPS) is 20.2. The molecule has 1 fully saturated rings. The Hall–Kier alpha value is -1.30. The molecule has 2 aromatic rings. The fourth-order valence-electron chi connectivity index (χ4n) is 2.38. The molecule has 3 heterocycles. The lowest BCUT2D eigenvalue weighted by Gasteiger charge is -2.32. The lowest BCUT2D eigenvalue weighted by Crippen LogP contribution is -2.37. The van der Waals surface area contributed by atoms with Crippen molar-refractivity contribution in [2.24, 2.45) is 0 Å². The van der Waals surface area contributed by atoms with E-state index in [-0.39, 0.29) is 6.10 Å². The summed E-state index contributed by atoms with van der Waals surface area (Å²) in [7, 11) is 0. The van der Waals surface area contributed by atoms with Crippen molar-refractivity contribution in [2.75, 3.05) is 19.7 Å². The van der Waals surface area contributed by atoms with Gasteiger partial charge in [0.15, 0.2) is 0 Å². The first-order valence-electron chi connectivity index (χ1n) is 6.88. The third-order valence-electron chi connectivity index (χ3n) is 3.46. The van der Waals surface area contributed by atoms with Gasteiger partial charge in [0, 0.05) is 35.6 Å². The van der Waals surface area contributed by atoms with Crippen LogP contribution >= 0.6 is 11.3 Å². The van der Waals surface area contributed by atoms with Gasteiger partial charge < -0.3 is 4.74 Å². The standard InChI is InChI=1S/C15H19N3OS/c1-11-7-17-14(8-16-11)15-10-18(5-6-19-15)9-13-4-3-12(2)20-13/h3-4,7-8,15H,5-6,9-10H2,1-2H3/t15-/m0/s1. The third-order valence-corrected chi connectivity index (χ3v) is 4.44. The highest BCUT2D eigenvalue weighted by atomic mass is 32.1. The van der Waals surface area contributed by atoms with Gasteiger partial charge in [0.25, 0.3) is 0 Å². The Balaban J connectivity index is 1.65. The number of thiophene rings is 1. The first kappa shape index (κ1) is 13.7. The quantitative estimate of drug-likeness (QED) is 0.871. The van der Waals surface area contributed by atoms with Gasteiger partial charge in [-0.3, -0.25) is 14.9 Å². The largest absolute Gasteiger partial charge is 0.369 e. The molecule has 1 atom stereocenters. The van der Waals surface area contributed by atoms with E-state index in [0.29, 0.717) is 0 Å². The number of aryl methyl sites for hydroxylation is 2. The molecule has 0 radical (unpaired) electrons. The first-order valence-corrected chi connectivity index (χ1v) is 7.70. The molecular formula is C15H19N3OS. The molecule has 0 spiro atoms. The zero-order valence-electron chi connectivity index (χ0n) is 11.9. The minimum Gasteiger partial charge on any atom is -0.369 e. The van der Waals surface area contributed by atoms with Gasteiger partial charge in [0.2, 0.25) is 0 Å². The molecule has 0 saturated carbocycles. The van der Waals surface area contributed by atoms with E-state index >= 15 is 0 Å². The minimum atomic E-state index is 0.0397. The highest BCUT2D eigenvalue weighted by Gasteiger charge is 2.23. The Labute approximate surface area is 123 Å². The highest BCUT2D eigenvalue weighted by molar-refractivity contribution is 7.11. The van der Waals surface area contributed by atoms with Gasteiger partial charge in [0.05, 0.1) is 24.2 Å². The van der Waals surface area contributed by atoms with E-state index in [1.54, 1.807) is 6.20 Å². The molecule has 0 N–H and O–H groups in total. The number of morpholine rings is 1. The van der Waals surface area contributed by atoms with Crippen molar-refractivity contribution in [1.29, 1.82) is 0 Å². The number of ether oxygens (including phenoxy) is 1. The molecule has 2 aromatic heterocycles. The molecule has 1 aliphatic heterocycles. The molecule has 0 unspecified atom stereocenters. The van der Waals surface area contributed by atoms with E-state index in [9.17, 15) is 0 Å². The first-order chi connectivity index (χ1) is 9.70. The Morgan fingerprint density at radius 3 is 2.90 bits per heavy atom. The van der Waals surface area contributed by atoms with Gasteiger partial charge in [-0.1, -0.05) is 0 Å². The Morgan fingerprint density at radius 2 is 2.20 bits per heavy atom. The maximum Gasteiger partial charge on any atom is 0.114 e. The number of hydrogen-bond donors (Lipinski definition) is 0. The highest BCUT2D eigenvalue weighted by Crippen LogP contribution is 2.23. The van der Waals surface area contributed by atoms with Gasteiger partial charge in [-0.25, -0.2) is 0 Å². The maximum absolute atomic E-state index is 5.84. The van der Waals surface area contributed by atoms with Crippen LogP contribution in [-0.4, -0.2) is 34.6 Å². The van der Waals surface area contributed by atoms with Crippen LogP contribution in [-0.2, 0) is 11.3 Å². The molecule has 1 saturated heterocycles. The summed E-state index contributed by atoms with van der Waals surface area (Å²) in [5.74, 6) is 0. The molecule has 0 bridgehead atoms. The summed E-state index contributed by atoms with van der Waals surface area (Å²) in [6, 6.07) is 4.40. The van der Waals surface area contributed by atoms with Gasteiger partial charge in [-0.05, 0) is 26.0 Å². The van der Waals surface area contributed by atoms with Crippen LogP contribution in [0.3, 0.4) is 0 Å². The van der Waals surface area contributed by atoms with Crippen molar-refractivity contribution >= 4 is 11.3 Å². The van der Waals surface area contributed by atoms with Crippen LogP contribution in [0.2, 0.25) is 0 Å². The SMILES string of the molecule is Cc1cnc([C@@H]2CN(Cc3ccc(C)s3)CCO2)cn1. The Kier molecular flexibility index (Phi) is 4.10. The van der Waals surface area contributed by atoms with Crippen molar-refractivity contribution in [3.05, 3.63) is 45.7 Å². The fourth-order valence-corrected chi connectivity index (χ4v) is 3.32. The van der Waals surface area contributed by atoms with Crippen LogP contribution in [0.15, 0.2) is 24.5 Å². The van der Waals surface area contributed by atoms with Crippen LogP contribution in [0.4, 0.5) is 0 Å². The topological polar surface area (TPSA) is 38.2 Å². The third kappa shape index (κ3) is 3.23. The van der Waals surface area contributed by atoms with Gasteiger partial charge in [-0.15, -0.1) is 11.3 Å². The summed E-state index contributed by atoms with van der Waals surface area (Å²) < 4.78 is 5.84. The number of nitrogens with zero attached hydrogens (tertiary/aromatic N) is 3. The zero-order chi connectivity index (χ0) is 13.9. The second-order valence-electron chi connectivity index (χ2n) is 5.19.